The lowest BCUT2D eigenvalue weighted by Gasteiger charge is -2.70. The van der Waals surface area contributed by atoms with E-state index >= 15 is 0 Å². The first-order valence-corrected chi connectivity index (χ1v) is 15.9. The standard InChI is InChI=1S/C34H47NO6/c1-29-13-14-30(2,28(39)40)18-22(29)21-17-23(37)26-31(3)11-10-25(41-27(38)20-7-8-20)34(6,35-19-36)24(31)9-12-33(26,5)32(21,4)16-15-29/h17,20,22,24-26H,7-16,18H2,1-6H3,(H,39,40)/t22-,24+,25-,26+,29+,30-,31-,32+,33+,34-/m0/s1. The van der Waals surface area contributed by atoms with Gasteiger partial charge in [0.1, 0.15) is 11.6 Å². The third kappa shape index (κ3) is 3.79. The van der Waals surface area contributed by atoms with Gasteiger partial charge in [-0.05, 0) is 124 Å². The zero-order valence-corrected chi connectivity index (χ0v) is 25.7. The number of aliphatic carboxylic acids is 1. The number of aliphatic imine (C=N–C) groups is 1. The number of carboxylic acids is 1. The Kier molecular flexibility index (Phi) is 6.24. The zero-order valence-electron chi connectivity index (χ0n) is 25.7. The molecule has 0 unspecified atom stereocenters. The summed E-state index contributed by atoms with van der Waals surface area (Å²) in [7, 11) is 0. The molecule has 41 heavy (non-hydrogen) atoms. The van der Waals surface area contributed by atoms with Gasteiger partial charge in [-0.3, -0.25) is 14.4 Å². The van der Waals surface area contributed by atoms with E-state index in [0.717, 1.165) is 51.4 Å². The second-order valence-corrected chi connectivity index (χ2v) is 16.2. The summed E-state index contributed by atoms with van der Waals surface area (Å²) in [4.78, 5) is 55.7. The molecule has 7 heteroatoms. The van der Waals surface area contributed by atoms with E-state index in [1.165, 1.54) is 5.57 Å². The van der Waals surface area contributed by atoms with Gasteiger partial charge in [0.2, 0.25) is 6.08 Å². The fourth-order valence-corrected chi connectivity index (χ4v) is 11.0. The van der Waals surface area contributed by atoms with Crippen molar-refractivity contribution in [3.63, 3.8) is 0 Å². The Balaban J connectivity index is 1.40. The molecule has 0 bridgehead atoms. The molecule has 224 valence electrons. The van der Waals surface area contributed by atoms with Crippen molar-refractivity contribution in [3.05, 3.63) is 11.6 Å². The number of ether oxygens (including phenoxy) is 1. The van der Waals surface area contributed by atoms with Crippen molar-refractivity contribution in [2.24, 2.45) is 55.7 Å². The van der Waals surface area contributed by atoms with Crippen LogP contribution in [0.4, 0.5) is 0 Å². The van der Waals surface area contributed by atoms with Crippen molar-refractivity contribution in [2.75, 3.05) is 0 Å². The number of hydrogen-bond acceptors (Lipinski definition) is 6. The summed E-state index contributed by atoms with van der Waals surface area (Å²) in [6.45, 7) is 13.0. The van der Waals surface area contributed by atoms with Gasteiger partial charge in [0, 0.05) is 5.92 Å². The first kappa shape index (κ1) is 28.8. The van der Waals surface area contributed by atoms with Gasteiger partial charge in [0.25, 0.3) is 0 Å². The molecular weight excluding hydrogens is 518 g/mol. The summed E-state index contributed by atoms with van der Waals surface area (Å²) >= 11 is 0. The summed E-state index contributed by atoms with van der Waals surface area (Å²) in [6.07, 6.45) is 12.0. The van der Waals surface area contributed by atoms with Crippen molar-refractivity contribution < 1.29 is 29.0 Å². The van der Waals surface area contributed by atoms with Gasteiger partial charge in [-0.2, -0.15) is 4.99 Å². The predicted molar refractivity (Wildman–Crippen MR) is 152 cm³/mol. The Bertz CT molecular complexity index is 1280. The summed E-state index contributed by atoms with van der Waals surface area (Å²) < 4.78 is 6.02. The number of nitrogens with zero attached hydrogens (tertiary/aromatic N) is 1. The smallest absolute Gasteiger partial charge is 0.309 e. The number of carboxylic acid groups (broad SMARTS) is 1. The summed E-state index contributed by atoms with van der Waals surface area (Å²) in [6, 6.07) is 0. The fourth-order valence-electron chi connectivity index (χ4n) is 11.0. The van der Waals surface area contributed by atoms with Gasteiger partial charge in [-0.25, -0.2) is 4.79 Å². The molecule has 5 saturated carbocycles. The molecule has 0 aromatic rings. The number of carbonyl (C=O) groups excluding carboxylic acids is 3. The second-order valence-electron chi connectivity index (χ2n) is 16.2. The number of allylic oxidation sites excluding steroid dienone is 2. The largest absolute Gasteiger partial charge is 0.481 e. The Morgan fingerprint density at radius 1 is 0.951 bits per heavy atom. The van der Waals surface area contributed by atoms with Crippen molar-refractivity contribution in [3.8, 4) is 0 Å². The number of fused-ring (bicyclic) bond motifs is 7. The molecular formula is C34H47NO6. The van der Waals surface area contributed by atoms with E-state index < -0.39 is 28.4 Å². The number of rotatable bonds is 4. The van der Waals surface area contributed by atoms with Crippen LogP contribution in [0.5, 0.6) is 0 Å². The van der Waals surface area contributed by atoms with Crippen LogP contribution in [0.2, 0.25) is 0 Å². The second kappa shape index (κ2) is 8.88. The van der Waals surface area contributed by atoms with E-state index in [4.69, 9.17) is 4.74 Å². The molecule has 0 saturated heterocycles. The van der Waals surface area contributed by atoms with Gasteiger partial charge < -0.3 is 9.84 Å². The number of esters is 1. The van der Waals surface area contributed by atoms with Crippen LogP contribution >= 0.6 is 0 Å². The van der Waals surface area contributed by atoms with E-state index in [9.17, 15) is 24.3 Å². The van der Waals surface area contributed by atoms with Crippen LogP contribution in [-0.4, -0.2) is 40.6 Å². The van der Waals surface area contributed by atoms with Crippen molar-refractivity contribution in [2.45, 2.75) is 124 Å². The number of hydrogen-bond donors (Lipinski definition) is 1. The number of carbonyl (C=O) groups is 3. The zero-order chi connectivity index (χ0) is 29.8. The van der Waals surface area contributed by atoms with E-state index in [-0.39, 0.29) is 51.7 Å². The first-order chi connectivity index (χ1) is 19.1. The van der Waals surface area contributed by atoms with Crippen LogP contribution < -0.4 is 0 Å². The highest BCUT2D eigenvalue weighted by atomic mass is 16.5. The van der Waals surface area contributed by atoms with Crippen LogP contribution in [0.3, 0.4) is 0 Å². The first-order valence-electron chi connectivity index (χ1n) is 15.9. The molecule has 7 nitrogen and oxygen atoms in total. The van der Waals surface area contributed by atoms with E-state index in [2.05, 4.69) is 32.7 Å². The molecule has 10 atom stereocenters. The van der Waals surface area contributed by atoms with E-state index in [1.54, 1.807) is 0 Å². The molecule has 0 heterocycles. The SMILES string of the molecule is C[C@]1(C(=O)O)CC[C@]2(C)CC[C@]3(C)C(=CC(=O)[C@@H]4[C@@]5(C)CC[C@H](OC(=O)C6CC6)[C@@](C)(N=C=O)[C@@H]5CC[C@]43C)[C@@H]2C1. The molecule has 0 amide bonds. The molecule has 0 spiro atoms. The minimum Gasteiger partial charge on any atom is -0.481 e. The van der Waals surface area contributed by atoms with Gasteiger partial charge >= 0.3 is 11.9 Å². The quantitative estimate of drug-likeness (QED) is 0.239. The van der Waals surface area contributed by atoms with E-state index in [0.29, 0.717) is 19.3 Å². The third-order valence-corrected chi connectivity index (χ3v) is 14.1. The average molecular weight is 566 g/mol. The van der Waals surface area contributed by atoms with Crippen molar-refractivity contribution in [1.82, 2.24) is 0 Å². The number of isocyanates is 1. The minimum atomic E-state index is -0.927. The number of ketones is 1. The van der Waals surface area contributed by atoms with Crippen LogP contribution in [0, 0.1) is 50.7 Å². The maximum Gasteiger partial charge on any atom is 0.309 e. The molecule has 0 aromatic carbocycles. The molecule has 6 aliphatic rings. The summed E-state index contributed by atoms with van der Waals surface area (Å²) in [5.41, 5.74) is -1.46. The Labute approximate surface area is 244 Å². The normalized spacial score (nSPS) is 50.6. The molecule has 0 aromatic heterocycles. The highest BCUT2D eigenvalue weighted by Crippen LogP contribution is 2.74. The van der Waals surface area contributed by atoms with Crippen LogP contribution in [0.25, 0.3) is 0 Å². The lowest BCUT2D eigenvalue weighted by Crippen LogP contribution is -2.68. The van der Waals surface area contributed by atoms with E-state index in [1.807, 2.05) is 26.0 Å². The summed E-state index contributed by atoms with van der Waals surface area (Å²) in [5, 5.41) is 10.1. The molecule has 6 rings (SSSR count). The van der Waals surface area contributed by atoms with Crippen molar-refractivity contribution in [1.29, 1.82) is 0 Å². The van der Waals surface area contributed by atoms with Gasteiger partial charge in [0.05, 0.1) is 11.3 Å². The topological polar surface area (TPSA) is 110 Å². The molecule has 6 aliphatic carbocycles. The van der Waals surface area contributed by atoms with Crippen molar-refractivity contribution >= 4 is 23.8 Å². The molecule has 5 fully saturated rings. The fraction of sp³-hybridized carbons (Fsp3) is 0.824. The molecule has 0 radical (unpaired) electrons. The minimum absolute atomic E-state index is 0.00558. The molecule has 1 N–H and O–H groups in total. The van der Waals surface area contributed by atoms with Crippen LogP contribution in [-0.2, 0) is 23.9 Å². The third-order valence-electron chi connectivity index (χ3n) is 14.1. The Hall–Kier alpha value is -2.27. The van der Waals surface area contributed by atoms with Gasteiger partial charge in [-0.15, -0.1) is 0 Å². The Morgan fingerprint density at radius 2 is 1.63 bits per heavy atom. The maximum absolute atomic E-state index is 14.5. The maximum atomic E-state index is 14.5. The molecule has 0 aliphatic heterocycles. The monoisotopic (exact) mass is 565 g/mol. The highest BCUT2D eigenvalue weighted by molar-refractivity contribution is 5.95. The highest BCUT2D eigenvalue weighted by Gasteiger charge is 2.71. The Morgan fingerprint density at radius 3 is 2.27 bits per heavy atom. The average Bonchev–Trinajstić information content (AvgIpc) is 3.74. The van der Waals surface area contributed by atoms with Gasteiger partial charge in [0.15, 0.2) is 5.78 Å². The van der Waals surface area contributed by atoms with Crippen LogP contribution in [0.1, 0.15) is 112 Å². The lowest BCUT2D eigenvalue weighted by atomic mass is 9.34. The van der Waals surface area contributed by atoms with Crippen LogP contribution in [0.15, 0.2) is 16.6 Å². The summed E-state index contributed by atoms with van der Waals surface area (Å²) in [5.74, 6) is -1.09. The lowest BCUT2D eigenvalue weighted by molar-refractivity contribution is -0.197. The predicted octanol–water partition coefficient (Wildman–Crippen LogP) is 6.44. The van der Waals surface area contributed by atoms with Gasteiger partial charge in [-0.1, -0.05) is 33.3 Å².